The number of hydrogen-bond donors (Lipinski definition) is 0. The fourth-order valence-corrected chi connectivity index (χ4v) is 1.18. The van der Waals surface area contributed by atoms with Gasteiger partial charge in [0.2, 0.25) is 0 Å². The average molecular weight is 267 g/mol. The third-order valence-electron chi connectivity index (χ3n) is 1.83. The smallest absolute Gasteiger partial charge is 1.00 e. The first-order valence-corrected chi connectivity index (χ1v) is 4.11. The quantitative estimate of drug-likeness (QED) is 0.488. The number of rotatable bonds is 1. The second-order valence-corrected chi connectivity index (χ2v) is 3.87. The zero-order chi connectivity index (χ0) is 9.19. The van der Waals surface area contributed by atoms with Crippen molar-refractivity contribution in [2.45, 2.75) is 26.2 Å². The molecule has 1 nitrogen and oxygen atoms in total. The monoisotopic (exact) mass is 266 g/mol. The summed E-state index contributed by atoms with van der Waals surface area (Å²) in [5.41, 5.74) is 1.33. The molecular weight excluding hydrogens is 252 g/mol. The Labute approximate surface area is 113 Å². The molecule has 0 heterocycles. The van der Waals surface area contributed by atoms with Crippen LogP contribution in [0.2, 0.25) is 0 Å². The molecule has 0 aliphatic heterocycles. The molecular formula is C11H15BrMgO. The molecule has 0 N–H and O–H groups in total. The number of methoxy groups -OCH3 is 1. The number of hydrogen-bond acceptors (Lipinski definition) is 1. The van der Waals surface area contributed by atoms with Crippen LogP contribution in [-0.4, -0.2) is 30.2 Å². The van der Waals surface area contributed by atoms with Crippen LogP contribution >= 0.6 is 0 Å². The van der Waals surface area contributed by atoms with Crippen molar-refractivity contribution in [3.05, 3.63) is 29.8 Å². The van der Waals surface area contributed by atoms with Crippen molar-refractivity contribution in [3.8, 4) is 5.75 Å². The zero-order valence-electron chi connectivity index (χ0n) is 9.23. The summed E-state index contributed by atoms with van der Waals surface area (Å²) >= 11 is 0. The van der Waals surface area contributed by atoms with Crippen LogP contribution in [0.15, 0.2) is 18.2 Å². The van der Waals surface area contributed by atoms with E-state index in [9.17, 15) is 0 Å². The van der Waals surface area contributed by atoms with Crippen molar-refractivity contribution >= 4 is 23.1 Å². The van der Waals surface area contributed by atoms with Gasteiger partial charge in [-0.05, 0) is 0 Å². The molecule has 0 saturated carbocycles. The van der Waals surface area contributed by atoms with Crippen LogP contribution in [0.4, 0.5) is 0 Å². The number of ether oxygens (including phenoxy) is 1. The minimum atomic E-state index is 0. The van der Waals surface area contributed by atoms with Crippen molar-refractivity contribution in [2.75, 3.05) is 7.11 Å². The first-order chi connectivity index (χ1) is 5.55. The van der Waals surface area contributed by atoms with E-state index < -0.39 is 0 Å². The predicted molar refractivity (Wildman–Crippen MR) is 56.3 cm³/mol. The van der Waals surface area contributed by atoms with Crippen LogP contribution in [0, 0.1) is 6.07 Å². The van der Waals surface area contributed by atoms with Gasteiger partial charge in [-0.3, -0.25) is 0 Å². The second-order valence-electron chi connectivity index (χ2n) is 3.87. The van der Waals surface area contributed by atoms with Crippen LogP contribution in [-0.2, 0) is 5.41 Å². The fraction of sp³-hybridized carbons (Fsp3) is 0.455. The van der Waals surface area contributed by atoms with E-state index in [0.717, 1.165) is 5.75 Å². The van der Waals surface area contributed by atoms with Gasteiger partial charge in [-0.15, -0.1) is 11.6 Å². The van der Waals surface area contributed by atoms with Crippen molar-refractivity contribution in [1.29, 1.82) is 0 Å². The van der Waals surface area contributed by atoms with Gasteiger partial charge < -0.3 is 21.7 Å². The molecule has 0 aromatic heterocycles. The maximum atomic E-state index is 5.22. The SMILES string of the molecule is COc1[c-]cccc1C(C)(C)C.[Br-].[Mg+2]. The summed E-state index contributed by atoms with van der Waals surface area (Å²) in [6, 6.07) is 9.01. The molecule has 74 valence electrons. The van der Waals surface area contributed by atoms with E-state index in [1.807, 2.05) is 12.1 Å². The molecule has 0 bridgehead atoms. The molecule has 1 rings (SSSR count). The van der Waals surface area contributed by atoms with Gasteiger partial charge in [-0.25, -0.2) is 0 Å². The van der Waals surface area contributed by atoms with E-state index in [4.69, 9.17) is 4.74 Å². The molecule has 1 aromatic rings. The van der Waals surface area contributed by atoms with Crippen LogP contribution in [0.1, 0.15) is 26.3 Å². The molecule has 0 saturated heterocycles. The van der Waals surface area contributed by atoms with Crippen molar-refractivity contribution in [1.82, 2.24) is 0 Å². The second kappa shape index (κ2) is 6.70. The standard InChI is InChI=1S/C11H15O.BrH.Mg/c1-11(2,3)9-7-5-6-8-10(9)12-4;;/h5-7H,1-4H3;1H;/q-1;;+2/p-1. The van der Waals surface area contributed by atoms with Crippen LogP contribution in [0.25, 0.3) is 0 Å². The Hall–Kier alpha value is 0.266. The molecule has 0 aliphatic rings. The Kier molecular flexibility index (Phi) is 7.98. The van der Waals surface area contributed by atoms with Crippen molar-refractivity contribution in [3.63, 3.8) is 0 Å². The molecule has 0 unspecified atom stereocenters. The third-order valence-corrected chi connectivity index (χ3v) is 1.83. The molecule has 3 heteroatoms. The molecule has 0 fully saturated rings. The molecule has 0 atom stereocenters. The summed E-state index contributed by atoms with van der Waals surface area (Å²) in [6.45, 7) is 6.50. The molecule has 14 heavy (non-hydrogen) atoms. The van der Waals surface area contributed by atoms with Gasteiger partial charge in [-0.1, -0.05) is 26.2 Å². The normalized spacial score (nSPS) is 9.71. The third kappa shape index (κ3) is 4.19. The molecule has 0 spiro atoms. The summed E-state index contributed by atoms with van der Waals surface area (Å²) in [5, 5.41) is 0. The maximum absolute atomic E-state index is 5.22. The van der Waals surface area contributed by atoms with Crippen LogP contribution < -0.4 is 21.7 Å². The molecule has 0 aliphatic carbocycles. The molecule has 0 amide bonds. The summed E-state index contributed by atoms with van der Waals surface area (Å²) in [7, 11) is 1.68. The number of para-hydroxylation sites is 1. The van der Waals surface area contributed by atoms with Crippen LogP contribution in [0.5, 0.6) is 5.75 Å². The van der Waals surface area contributed by atoms with Gasteiger partial charge in [0, 0.05) is 5.75 Å². The fourth-order valence-electron chi connectivity index (χ4n) is 1.18. The maximum Gasteiger partial charge on any atom is 2.00 e. The largest absolute Gasteiger partial charge is 2.00 e. The molecule has 1 aromatic carbocycles. The van der Waals surface area contributed by atoms with Gasteiger partial charge in [0.25, 0.3) is 0 Å². The van der Waals surface area contributed by atoms with Gasteiger partial charge in [-0.2, -0.15) is 18.2 Å². The van der Waals surface area contributed by atoms with Gasteiger partial charge >= 0.3 is 23.1 Å². The summed E-state index contributed by atoms with van der Waals surface area (Å²) in [4.78, 5) is 0. The predicted octanol–water partition coefficient (Wildman–Crippen LogP) is -0.584. The van der Waals surface area contributed by atoms with Crippen LogP contribution in [0.3, 0.4) is 0 Å². The van der Waals surface area contributed by atoms with E-state index in [2.05, 4.69) is 32.9 Å². The Morgan fingerprint density at radius 1 is 1.29 bits per heavy atom. The van der Waals surface area contributed by atoms with E-state index in [1.165, 1.54) is 5.56 Å². The summed E-state index contributed by atoms with van der Waals surface area (Å²) in [6.07, 6.45) is 0. The average Bonchev–Trinajstić information content (AvgIpc) is 2.03. The number of halogens is 1. The summed E-state index contributed by atoms with van der Waals surface area (Å²) < 4.78 is 5.22. The Bertz CT molecular complexity index is 268. The van der Waals surface area contributed by atoms with Crippen molar-refractivity contribution in [2.24, 2.45) is 0 Å². The minimum Gasteiger partial charge on any atom is -1.00 e. The van der Waals surface area contributed by atoms with Gasteiger partial charge in [0.15, 0.2) is 0 Å². The zero-order valence-corrected chi connectivity index (χ0v) is 12.2. The Morgan fingerprint density at radius 2 is 1.86 bits per heavy atom. The Morgan fingerprint density at radius 3 is 2.21 bits per heavy atom. The minimum absolute atomic E-state index is 0. The van der Waals surface area contributed by atoms with E-state index in [1.54, 1.807) is 7.11 Å². The van der Waals surface area contributed by atoms with E-state index >= 15 is 0 Å². The Balaban J connectivity index is 0. The van der Waals surface area contributed by atoms with Crippen molar-refractivity contribution < 1.29 is 21.7 Å². The number of benzene rings is 1. The summed E-state index contributed by atoms with van der Waals surface area (Å²) in [5.74, 6) is 0.852. The topological polar surface area (TPSA) is 9.23 Å². The first kappa shape index (κ1) is 16.7. The van der Waals surface area contributed by atoms with E-state index in [0.29, 0.717) is 0 Å². The molecule has 0 radical (unpaired) electrons. The van der Waals surface area contributed by atoms with Gasteiger partial charge in [0.05, 0.1) is 7.11 Å². The van der Waals surface area contributed by atoms with Gasteiger partial charge in [0.1, 0.15) is 0 Å². The first-order valence-electron chi connectivity index (χ1n) is 4.11. The van der Waals surface area contributed by atoms with E-state index in [-0.39, 0.29) is 45.4 Å².